The number of nitrogens with one attached hydrogen (secondary N) is 1. The molecule has 1 aromatic heterocycles. The highest BCUT2D eigenvalue weighted by Crippen LogP contribution is 2.18. The van der Waals surface area contributed by atoms with E-state index in [4.69, 9.17) is 0 Å². The second-order valence-corrected chi connectivity index (χ2v) is 5.25. The van der Waals surface area contributed by atoms with Crippen molar-refractivity contribution in [3.05, 3.63) is 51.5 Å². The molecule has 1 heterocycles. The van der Waals surface area contributed by atoms with Crippen LogP contribution in [0, 0.1) is 13.8 Å². The van der Waals surface area contributed by atoms with Crippen LogP contribution in [0.4, 0.5) is 0 Å². The lowest BCUT2D eigenvalue weighted by molar-refractivity contribution is 0.570. The average Bonchev–Trinajstić information content (AvgIpc) is 2.74. The molecule has 0 saturated carbocycles. The molecule has 0 radical (unpaired) electrons. The van der Waals surface area contributed by atoms with Gasteiger partial charge >= 0.3 is 0 Å². The average molecular weight is 246 g/mol. The van der Waals surface area contributed by atoms with Crippen molar-refractivity contribution in [2.75, 3.05) is 0 Å². The summed E-state index contributed by atoms with van der Waals surface area (Å²) in [5.41, 5.74) is 3.80. The van der Waals surface area contributed by atoms with E-state index in [1.165, 1.54) is 11.1 Å². The van der Waals surface area contributed by atoms with Gasteiger partial charge in [0.15, 0.2) is 0 Å². The molecule has 1 unspecified atom stereocenters. The smallest absolute Gasteiger partial charge is 0.110 e. The first kappa shape index (κ1) is 12.3. The number of nitrogens with zero attached hydrogens (tertiary/aromatic N) is 1. The third kappa shape index (κ3) is 3.14. The van der Waals surface area contributed by atoms with Gasteiger partial charge in [0.2, 0.25) is 0 Å². The van der Waals surface area contributed by atoms with Crippen LogP contribution in [0.3, 0.4) is 0 Å². The highest BCUT2D eigenvalue weighted by atomic mass is 32.1. The summed E-state index contributed by atoms with van der Waals surface area (Å²) < 4.78 is 0. The lowest BCUT2D eigenvalue weighted by Gasteiger charge is -2.12. The van der Waals surface area contributed by atoms with Crippen LogP contribution < -0.4 is 5.32 Å². The van der Waals surface area contributed by atoms with Crippen LogP contribution in [0.25, 0.3) is 0 Å². The molecule has 2 aromatic rings. The molecule has 2 nitrogen and oxygen atoms in total. The zero-order valence-electron chi connectivity index (χ0n) is 10.5. The second-order valence-electron chi connectivity index (χ2n) is 4.36. The van der Waals surface area contributed by atoms with E-state index in [9.17, 15) is 0 Å². The third-order valence-electron chi connectivity index (χ3n) is 2.87. The fraction of sp³-hybridized carbons (Fsp3) is 0.357. The van der Waals surface area contributed by atoms with Gasteiger partial charge in [-0.25, -0.2) is 4.98 Å². The Morgan fingerprint density at radius 1 is 1.29 bits per heavy atom. The highest BCUT2D eigenvalue weighted by molar-refractivity contribution is 7.09. The fourth-order valence-corrected chi connectivity index (χ4v) is 2.56. The van der Waals surface area contributed by atoms with Crippen molar-refractivity contribution in [1.29, 1.82) is 0 Å². The number of aromatic nitrogens is 1. The Kier molecular flexibility index (Phi) is 3.92. The highest BCUT2D eigenvalue weighted by Gasteiger charge is 2.08. The second kappa shape index (κ2) is 5.43. The predicted molar refractivity (Wildman–Crippen MR) is 73.3 cm³/mol. The van der Waals surface area contributed by atoms with Gasteiger partial charge in [0.1, 0.15) is 5.01 Å². The molecule has 0 bridgehead atoms. The van der Waals surface area contributed by atoms with Crippen molar-refractivity contribution >= 4 is 11.3 Å². The van der Waals surface area contributed by atoms with Gasteiger partial charge in [-0.1, -0.05) is 24.3 Å². The third-order valence-corrected chi connectivity index (χ3v) is 4.01. The topological polar surface area (TPSA) is 24.9 Å². The van der Waals surface area contributed by atoms with E-state index in [1.807, 2.05) is 6.92 Å². The van der Waals surface area contributed by atoms with Crippen molar-refractivity contribution in [1.82, 2.24) is 10.3 Å². The molecule has 0 aliphatic heterocycles. The fourth-order valence-electron chi connectivity index (χ4n) is 1.73. The first-order valence-electron chi connectivity index (χ1n) is 5.86. The Hall–Kier alpha value is -1.19. The maximum atomic E-state index is 4.50. The minimum Gasteiger partial charge on any atom is -0.304 e. The maximum Gasteiger partial charge on any atom is 0.110 e. The van der Waals surface area contributed by atoms with Gasteiger partial charge in [-0.15, -0.1) is 11.3 Å². The minimum atomic E-state index is 0.313. The van der Waals surface area contributed by atoms with Crippen LogP contribution in [0.1, 0.15) is 34.8 Å². The normalized spacial score (nSPS) is 12.6. The van der Waals surface area contributed by atoms with Crippen LogP contribution in [-0.4, -0.2) is 4.98 Å². The zero-order chi connectivity index (χ0) is 12.3. The van der Waals surface area contributed by atoms with Crippen molar-refractivity contribution < 1.29 is 0 Å². The molecule has 0 amide bonds. The standard InChI is InChI=1S/C14H18N2S/c1-10-6-4-5-7-13(10)8-15-12(3)14-16-11(2)9-17-14/h4-7,9,12,15H,8H2,1-3H3. The zero-order valence-corrected chi connectivity index (χ0v) is 11.3. The molecule has 0 saturated heterocycles. The van der Waals surface area contributed by atoms with Gasteiger partial charge in [-0.05, 0) is 31.9 Å². The van der Waals surface area contributed by atoms with E-state index in [0.717, 1.165) is 17.2 Å². The Balaban J connectivity index is 1.97. The molecule has 0 aliphatic carbocycles. The van der Waals surface area contributed by atoms with Crippen molar-refractivity contribution in [2.24, 2.45) is 0 Å². The van der Waals surface area contributed by atoms with Crippen LogP contribution >= 0.6 is 11.3 Å². The lowest BCUT2D eigenvalue weighted by Crippen LogP contribution is -2.18. The summed E-state index contributed by atoms with van der Waals surface area (Å²) in [6.07, 6.45) is 0. The number of aryl methyl sites for hydroxylation is 2. The van der Waals surface area contributed by atoms with E-state index >= 15 is 0 Å². The Morgan fingerprint density at radius 3 is 2.71 bits per heavy atom. The largest absolute Gasteiger partial charge is 0.304 e. The van der Waals surface area contributed by atoms with Crippen molar-refractivity contribution in [3.63, 3.8) is 0 Å². The number of benzene rings is 1. The Morgan fingerprint density at radius 2 is 2.06 bits per heavy atom. The summed E-state index contributed by atoms with van der Waals surface area (Å²) in [5, 5.41) is 6.78. The van der Waals surface area contributed by atoms with Gasteiger partial charge < -0.3 is 5.32 Å². The summed E-state index contributed by atoms with van der Waals surface area (Å²) in [4.78, 5) is 4.50. The molecular weight excluding hydrogens is 228 g/mol. The summed E-state index contributed by atoms with van der Waals surface area (Å²) in [5.74, 6) is 0. The van der Waals surface area contributed by atoms with Crippen LogP contribution in [-0.2, 0) is 6.54 Å². The quantitative estimate of drug-likeness (QED) is 0.891. The van der Waals surface area contributed by atoms with Crippen LogP contribution in [0.15, 0.2) is 29.6 Å². The van der Waals surface area contributed by atoms with E-state index in [-0.39, 0.29) is 0 Å². The Bertz CT molecular complexity index is 490. The number of thiazole rings is 1. The van der Waals surface area contributed by atoms with Gasteiger partial charge in [0, 0.05) is 17.6 Å². The van der Waals surface area contributed by atoms with Gasteiger partial charge in [0.25, 0.3) is 0 Å². The molecule has 1 N–H and O–H groups in total. The van der Waals surface area contributed by atoms with Crippen molar-refractivity contribution in [3.8, 4) is 0 Å². The molecule has 1 aromatic carbocycles. The molecule has 17 heavy (non-hydrogen) atoms. The Labute approximate surface area is 107 Å². The summed E-state index contributed by atoms with van der Waals surface area (Å²) in [6, 6.07) is 8.79. The summed E-state index contributed by atoms with van der Waals surface area (Å²) >= 11 is 1.72. The monoisotopic (exact) mass is 246 g/mol. The van der Waals surface area contributed by atoms with Crippen LogP contribution in [0.2, 0.25) is 0 Å². The summed E-state index contributed by atoms with van der Waals surface area (Å²) in [6.45, 7) is 7.24. The van der Waals surface area contributed by atoms with E-state index in [0.29, 0.717) is 6.04 Å². The molecule has 3 heteroatoms. The molecule has 0 aliphatic rings. The molecule has 1 atom stereocenters. The molecular formula is C14H18N2S. The number of hydrogen-bond acceptors (Lipinski definition) is 3. The SMILES string of the molecule is Cc1csc(C(C)NCc2ccccc2C)n1. The molecule has 0 fully saturated rings. The minimum absolute atomic E-state index is 0.313. The van der Waals surface area contributed by atoms with E-state index in [2.05, 4.69) is 53.8 Å². The summed E-state index contributed by atoms with van der Waals surface area (Å²) in [7, 11) is 0. The lowest BCUT2D eigenvalue weighted by atomic mass is 10.1. The van der Waals surface area contributed by atoms with Gasteiger partial charge in [-0.3, -0.25) is 0 Å². The number of rotatable bonds is 4. The first-order chi connectivity index (χ1) is 8.16. The molecule has 0 spiro atoms. The maximum absolute atomic E-state index is 4.50. The van der Waals surface area contributed by atoms with Crippen LogP contribution in [0.5, 0.6) is 0 Å². The van der Waals surface area contributed by atoms with Gasteiger partial charge in [-0.2, -0.15) is 0 Å². The van der Waals surface area contributed by atoms with Crippen molar-refractivity contribution in [2.45, 2.75) is 33.4 Å². The number of hydrogen-bond donors (Lipinski definition) is 1. The molecule has 90 valence electrons. The molecule has 2 rings (SSSR count). The first-order valence-corrected chi connectivity index (χ1v) is 6.74. The predicted octanol–water partition coefficient (Wildman–Crippen LogP) is 3.61. The van der Waals surface area contributed by atoms with E-state index < -0.39 is 0 Å². The van der Waals surface area contributed by atoms with E-state index in [1.54, 1.807) is 11.3 Å². The van der Waals surface area contributed by atoms with Gasteiger partial charge in [0.05, 0.1) is 6.04 Å².